The van der Waals surface area contributed by atoms with Gasteiger partial charge in [0.05, 0.1) is 45.6 Å². The smallest absolute Gasteiger partial charge is 0.147 e. The third-order valence-electron chi connectivity index (χ3n) is 12.7. The topological polar surface area (TPSA) is 68.8 Å². The van der Waals surface area contributed by atoms with Gasteiger partial charge in [-0.3, -0.25) is 0 Å². The summed E-state index contributed by atoms with van der Waals surface area (Å²) in [5.41, 5.74) is 11.0. The summed E-state index contributed by atoms with van der Waals surface area (Å²) in [7, 11) is 0. The van der Waals surface area contributed by atoms with E-state index in [0.717, 1.165) is 126 Å². The van der Waals surface area contributed by atoms with Crippen molar-refractivity contribution in [1.29, 1.82) is 0 Å². The van der Waals surface area contributed by atoms with Crippen molar-refractivity contribution < 1.29 is 19.7 Å². The molecule has 0 bridgehead atoms. The zero-order valence-corrected chi connectivity index (χ0v) is 34.8. The number of hydrogen-bond donors (Lipinski definition) is 2. The van der Waals surface area contributed by atoms with Crippen LogP contribution in [0.3, 0.4) is 0 Å². The standard InChI is InChI=1S/C56H46N2O4/c1-35-31-45(55(59)51(33-35)57-47-21-9-3-15-39(47)40-16-4-10-22-48(40)57)43-19-7-13-25-53(43)61-37-27-29-38(30-28-37)62-54-26-14-8-20-44(54)46-32-36(2)34-52(56(46)60)58-49-23-11-5-17-41(49)42-18-6-12-24-50(42)58/h3-26,31-34,37-38,59-60H,27-30H2,1-2H3/t37-,38+. The number of aryl methyl sites for hydroxylation is 2. The number of ether oxygens (including phenoxy) is 2. The molecule has 2 aromatic heterocycles. The van der Waals surface area contributed by atoms with E-state index in [1.54, 1.807) is 0 Å². The zero-order valence-electron chi connectivity index (χ0n) is 34.8. The summed E-state index contributed by atoms with van der Waals surface area (Å²) in [4.78, 5) is 0. The predicted octanol–water partition coefficient (Wildman–Crippen LogP) is 14.0. The molecule has 304 valence electrons. The lowest BCUT2D eigenvalue weighted by Crippen LogP contribution is -2.30. The molecule has 1 saturated carbocycles. The average Bonchev–Trinajstić information content (AvgIpc) is 3.82. The van der Waals surface area contributed by atoms with Crippen molar-refractivity contribution >= 4 is 43.6 Å². The Kier molecular flexibility index (Phi) is 9.23. The van der Waals surface area contributed by atoms with E-state index in [1.165, 1.54) is 0 Å². The highest BCUT2D eigenvalue weighted by Crippen LogP contribution is 2.46. The number of hydrogen-bond acceptors (Lipinski definition) is 4. The molecule has 0 radical (unpaired) electrons. The molecular formula is C56H46N2O4. The molecule has 0 atom stereocenters. The van der Waals surface area contributed by atoms with Crippen LogP contribution in [0.25, 0.3) is 77.2 Å². The van der Waals surface area contributed by atoms with Crippen LogP contribution in [0.1, 0.15) is 36.8 Å². The number of fused-ring (bicyclic) bond motifs is 6. The minimum Gasteiger partial charge on any atom is -0.505 e. The molecule has 1 fully saturated rings. The summed E-state index contributed by atoms with van der Waals surface area (Å²) in [5, 5.41) is 28.9. The molecule has 62 heavy (non-hydrogen) atoms. The lowest BCUT2D eigenvalue weighted by Gasteiger charge is -2.30. The Morgan fingerprint density at radius 3 is 1.05 bits per heavy atom. The normalized spacial score (nSPS) is 15.5. The summed E-state index contributed by atoms with van der Waals surface area (Å²) < 4.78 is 18.0. The van der Waals surface area contributed by atoms with Crippen molar-refractivity contribution in [3.8, 4) is 56.6 Å². The second-order valence-electron chi connectivity index (χ2n) is 16.7. The fourth-order valence-electron chi connectivity index (χ4n) is 9.85. The molecule has 6 nitrogen and oxygen atoms in total. The average molecular weight is 811 g/mol. The van der Waals surface area contributed by atoms with Gasteiger partial charge in [0.1, 0.15) is 23.0 Å². The number of phenolic OH excluding ortho intramolecular Hbond substituents is 2. The van der Waals surface area contributed by atoms with Crippen molar-refractivity contribution in [2.24, 2.45) is 0 Å². The Balaban J connectivity index is 0.853. The number of aromatic nitrogens is 2. The highest BCUT2D eigenvalue weighted by atomic mass is 16.5. The quantitative estimate of drug-likeness (QED) is 0.160. The SMILES string of the molecule is Cc1cc(-c2ccccc2O[C@H]2CC[C@@H](Oc3ccccc3-c3cc(C)cc(-n4c5ccccc5c5ccccc54)c3O)CC2)c(O)c(-n2c3ccccc3c3ccccc32)c1. The predicted molar refractivity (Wildman–Crippen MR) is 253 cm³/mol. The van der Waals surface area contributed by atoms with Crippen LogP contribution >= 0.6 is 0 Å². The van der Waals surface area contributed by atoms with E-state index in [9.17, 15) is 10.2 Å². The van der Waals surface area contributed by atoms with E-state index < -0.39 is 0 Å². The van der Waals surface area contributed by atoms with E-state index >= 15 is 0 Å². The molecule has 0 unspecified atom stereocenters. The minimum absolute atomic E-state index is 0.00963. The van der Waals surface area contributed by atoms with Gasteiger partial charge in [0.25, 0.3) is 0 Å². The van der Waals surface area contributed by atoms with Crippen LogP contribution in [-0.4, -0.2) is 31.6 Å². The van der Waals surface area contributed by atoms with Gasteiger partial charge in [-0.25, -0.2) is 0 Å². The van der Waals surface area contributed by atoms with Crippen LogP contribution in [0.4, 0.5) is 0 Å². The third kappa shape index (κ3) is 6.33. The van der Waals surface area contributed by atoms with Gasteiger partial charge < -0.3 is 28.8 Å². The first-order chi connectivity index (χ1) is 30.4. The van der Waals surface area contributed by atoms with Crippen LogP contribution in [0, 0.1) is 13.8 Å². The second-order valence-corrected chi connectivity index (χ2v) is 16.7. The highest BCUT2D eigenvalue weighted by molar-refractivity contribution is 6.10. The molecule has 11 rings (SSSR count). The molecule has 1 aliphatic carbocycles. The number of rotatable bonds is 8. The molecule has 2 N–H and O–H groups in total. The van der Waals surface area contributed by atoms with Crippen molar-refractivity contribution in [2.45, 2.75) is 51.7 Å². The summed E-state index contributed by atoms with van der Waals surface area (Å²) in [6.07, 6.45) is 3.26. The highest BCUT2D eigenvalue weighted by Gasteiger charge is 2.27. The van der Waals surface area contributed by atoms with E-state index in [2.05, 4.69) is 120 Å². The Morgan fingerprint density at radius 1 is 0.387 bits per heavy atom. The van der Waals surface area contributed by atoms with Crippen LogP contribution in [-0.2, 0) is 0 Å². The maximum Gasteiger partial charge on any atom is 0.147 e. The van der Waals surface area contributed by atoms with E-state index in [-0.39, 0.29) is 23.7 Å². The van der Waals surface area contributed by atoms with Crippen LogP contribution in [0.15, 0.2) is 170 Å². The second kappa shape index (κ2) is 15.2. The number of para-hydroxylation sites is 6. The van der Waals surface area contributed by atoms with Gasteiger partial charge >= 0.3 is 0 Å². The Labute approximate surface area is 360 Å². The molecule has 0 aliphatic heterocycles. The molecular weight excluding hydrogens is 765 g/mol. The van der Waals surface area contributed by atoms with Crippen LogP contribution in [0.5, 0.6) is 23.0 Å². The molecule has 0 spiro atoms. The Hall–Kier alpha value is -7.44. The summed E-state index contributed by atoms with van der Waals surface area (Å²) in [6, 6.07) is 57.8. The van der Waals surface area contributed by atoms with Gasteiger partial charge in [-0.1, -0.05) is 109 Å². The fraction of sp³-hybridized carbons (Fsp3) is 0.143. The molecule has 8 aromatic carbocycles. The molecule has 2 heterocycles. The molecule has 1 aliphatic rings. The largest absolute Gasteiger partial charge is 0.505 e. The number of benzene rings is 8. The summed E-state index contributed by atoms with van der Waals surface area (Å²) in [6.45, 7) is 4.16. The Morgan fingerprint density at radius 2 is 0.694 bits per heavy atom. The number of aromatic hydroxyl groups is 2. The van der Waals surface area contributed by atoms with Gasteiger partial charge in [0.2, 0.25) is 0 Å². The molecule has 0 saturated heterocycles. The fourth-order valence-corrected chi connectivity index (χ4v) is 9.85. The van der Waals surface area contributed by atoms with Crippen LogP contribution in [0.2, 0.25) is 0 Å². The third-order valence-corrected chi connectivity index (χ3v) is 12.7. The first-order valence-electron chi connectivity index (χ1n) is 21.6. The van der Waals surface area contributed by atoms with Gasteiger partial charge in [-0.05, 0) is 111 Å². The first kappa shape index (κ1) is 37.6. The van der Waals surface area contributed by atoms with Gasteiger partial charge in [-0.2, -0.15) is 0 Å². The van der Waals surface area contributed by atoms with Crippen molar-refractivity contribution in [3.63, 3.8) is 0 Å². The zero-order chi connectivity index (χ0) is 41.9. The maximum absolute atomic E-state index is 12.1. The molecule has 6 heteroatoms. The monoisotopic (exact) mass is 810 g/mol. The van der Waals surface area contributed by atoms with Crippen molar-refractivity contribution in [2.75, 3.05) is 0 Å². The Bertz CT molecular complexity index is 3000. The first-order valence-corrected chi connectivity index (χ1v) is 21.6. The van der Waals surface area contributed by atoms with Crippen molar-refractivity contribution in [3.05, 3.63) is 181 Å². The van der Waals surface area contributed by atoms with Crippen molar-refractivity contribution in [1.82, 2.24) is 9.13 Å². The number of phenols is 2. The number of nitrogens with zero attached hydrogens (tertiary/aromatic N) is 2. The van der Waals surface area contributed by atoms with Gasteiger partial charge in [0.15, 0.2) is 0 Å². The minimum atomic E-state index is -0.00963. The maximum atomic E-state index is 12.1. The lowest BCUT2D eigenvalue weighted by atomic mass is 9.94. The van der Waals surface area contributed by atoms with Gasteiger partial charge in [0, 0.05) is 43.8 Å². The van der Waals surface area contributed by atoms with E-state index in [4.69, 9.17) is 9.47 Å². The summed E-state index contributed by atoms with van der Waals surface area (Å²) in [5.74, 6) is 1.95. The lowest BCUT2D eigenvalue weighted by molar-refractivity contribution is 0.0813. The summed E-state index contributed by atoms with van der Waals surface area (Å²) >= 11 is 0. The van der Waals surface area contributed by atoms with Crippen LogP contribution < -0.4 is 9.47 Å². The molecule has 0 amide bonds. The van der Waals surface area contributed by atoms with E-state index in [0.29, 0.717) is 0 Å². The van der Waals surface area contributed by atoms with E-state index in [1.807, 2.05) is 72.8 Å². The molecule has 10 aromatic rings. The van der Waals surface area contributed by atoms with Gasteiger partial charge in [-0.15, -0.1) is 0 Å².